The summed E-state index contributed by atoms with van der Waals surface area (Å²) in [4.78, 5) is 0. The molecule has 1 atom stereocenters. The van der Waals surface area contributed by atoms with Crippen LogP contribution in [-0.2, 0) is 4.74 Å². The maximum atomic E-state index is 15.1. The predicted molar refractivity (Wildman–Crippen MR) is 135 cm³/mol. The molecule has 36 heavy (non-hydrogen) atoms. The number of hydrogen-bond donors (Lipinski definition) is 0. The van der Waals surface area contributed by atoms with E-state index in [0.717, 1.165) is 31.2 Å². The van der Waals surface area contributed by atoms with E-state index in [0.29, 0.717) is 23.7 Å². The third-order valence-electron chi connectivity index (χ3n) is 7.59. The van der Waals surface area contributed by atoms with Crippen molar-refractivity contribution in [2.24, 2.45) is 5.92 Å². The Morgan fingerprint density at radius 3 is 2.08 bits per heavy atom. The SMILES string of the molecule is CCCC1CCC(c2ccc(-c3ccc(/C=C/c4ccc(C5CO5)c(F)c4F)cc3)c(F)c2F)CC1. The van der Waals surface area contributed by atoms with Crippen LogP contribution in [0.3, 0.4) is 0 Å². The molecule has 0 bridgehead atoms. The molecular formula is C31H30F4O. The maximum absolute atomic E-state index is 15.1. The van der Waals surface area contributed by atoms with Gasteiger partial charge >= 0.3 is 0 Å². The Labute approximate surface area is 209 Å². The van der Waals surface area contributed by atoms with Crippen LogP contribution in [0, 0.1) is 29.2 Å². The Bertz CT molecular complexity index is 1250. The van der Waals surface area contributed by atoms with Gasteiger partial charge in [0.1, 0.15) is 6.10 Å². The first-order chi connectivity index (χ1) is 17.5. The number of epoxide rings is 1. The van der Waals surface area contributed by atoms with Gasteiger partial charge in [-0.15, -0.1) is 0 Å². The van der Waals surface area contributed by atoms with Gasteiger partial charge in [0.25, 0.3) is 0 Å². The number of ether oxygens (including phenoxy) is 1. The van der Waals surface area contributed by atoms with E-state index >= 15 is 8.78 Å². The fourth-order valence-corrected chi connectivity index (χ4v) is 5.42. The van der Waals surface area contributed by atoms with Crippen molar-refractivity contribution < 1.29 is 22.3 Å². The molecule has 188 valence electrons. The fraction of sp³-hybridized carbons (Fsp3) is 0.355. The molecule has 1 saturated heterocycles. The summed E-state index contributed by atoms with van der Waals surface area (Å²) in [5, 5.41) is 0. The summed E-state index contributed by atoms with van der Waals surface area (Å²) in [5.41, 5.74) is 2.37. The maximum Gasteiger partial charge on any atom is 0.166 e. The minimum Gasteiger partial charge on any atom is -0.368 e. The van der Waals surface area contributed by atoms with Crippen molar-refractivity contribution in [1.29, 1.82) is 0 Å². The Morgan fingerprint density at radius 2 is 1.42 bits per heavy atom. The van der Waals surface area contributed by atoms with Crippen LogP contribution >= 0.6 is 0 Å². The van der Waals surface area contributed by atoms with Crippen LogP contribution in [0.5, 0.6) is 0 Å². The normalized spacial score (nSPS) is 21.8. The third kappa shape index (κ3) is 5.12. The summed E-state index contributed by atoms with van der Waals surface area (Å²) in [5.74, 6) is -2.57. The van der Waals surface area contributed by atoms with E-state index in [4.69, 9.17) is 4.74 Å². The molecular weight excluding hydrogens is 464 g/mol. The van der Waals surface area contributed by atoms with Gasteiger partial charge < -0.3 is 4.74 Å². The minimum absolute atomic E-state index is 0.0743. The average molecular weight is 495 g/mol. The number of halogens is 4. The zero-order valence-electron chi connectivity index (χ0n) is 20.4. The van der Waals surface area contributed by atoms with Crippen molar-refractivity contribution in [3.63, 3.8) is 0 Å². The highest BCUT2D eigenvalue weighted by Crippen LogP contribution is 2.40. The van der Waals surface area contributed by atoms with Gasteiger partial charge in [-0.3, -0.25) is 0 Å². The Hall–Kier alpha value is -2.92. The van der Waals surface area contributed by atoms with E-state index < -0.39 is 23.3 Å². The van der Waals surface area contributed by atoms with E-state index in [1.54, 1.807) is 42.5 Å². The van der Waals surface area contributed by atoms with Crippen molar-refractivity contribution in [2.45, 2.75) is 57.5 Å². The summed E-state index contributed by atoms with van der Waals surface area (Å²) in [6.45, 7) is 2.60. The van der Waals surface area contributed by atoms with Crippen molar-refractivity contribution in [2.75, 3.05) is 6.61 Å². The lowest BCUT2D eigenvalue weighted by molar-refractivity contribution is 0.303. The summed E-state index contributed by atoms with van der Waals surface area (Å²) < 4.78 is 63.8. The van der Waals surface area contributed by atoms with Crippen molar-refractivity contribution >= 4 is 12.2 Å². The second-order valence-electron chi connectivity index (χ2n) is 9.99. The van der Waals surface area contributed by atoms with Crippen LogP contribution in [-0.4, -0.2) is 6.61 Å². The fourth-order valence-electron chi connectivity index (χ4n) is 5.42. The van der Waals surface area contributed by atoms with Crippen LogP contribution in [0.25, 0.3) is 23.3 Å². The minimum atomic E-state index is -0.910. The molecule has 1 unspecified atom stereocenters. The van der Waals surface area contributed by atoms with Crippen LogP contribution < -0.4 is 0 Å². The molecule has 3 aromatic carbocycles. The zero-order chi connectivity index (χ0) is 25.2. The van der Waals surface area contributed by atoms with Crippen LogP contribution in [0.1, 0.15) is 79.7 Å². The van der Waals surface area contributed by atoms with Crippen LogP contribution in [0.4, 0.5) is 17.6 Å². The highest BCUT2D eigenvalue weighted by atomic mass is 19.2. The van der Waals surface area contributed by atoms with Gasteiger partial charge in [-0.1, -0.05) is 80.4 Å². The molecule has 5 heteroatoms. The van der Waals surface area contributed by atoms with E-state index in [9.17, 15) is 8.78 Å². The summed E-state index contributed by atoms with van der Waals surface area (Å²) >= 11 is 0. The largest absolute Gasteiger partial charge is 0.368 e. The second kappa shape index (κ2) is 10.6. The predicted octanol–water partition coefficient (Wildman–Crippen LogP) is 9.23. The molecule has 1 saturated carbocycles. The molecule has 0 aromatic heterocycles. The molecule has 2 aliphatic rings. The summed E-state index contributed by atoms with van der Waals surface area (Å²) in [7, 11) is 0. The van der Waals surface area contributed by atoms with E-state index in [2.05, 4.69) is 6.92 Å². The van der Waals surface area contributed by atoms with E-state index in [1.165, 1.54) is 31.1 Å². The van der Waals surface area contributed by atoms with Crippen LogP contribution in [0.2, 0.25) is 0 Å². The molecule has 3 aromatic rings. The van der Waals surface area contributed by atoms with Gasteiger partial charge in [0.15, 0.2) is 23.3 Å². The van der Waals surface area contributed by atoms with E-state index in [-0.39, 0.29) is 28.7 Å². The smallest absolute Gasteiger partial charge is 0.166 e. The quantitative estimate of drug-likeness (QED) is 0.181. The Balaban J connectivity index is 1.30. The number of hydrogen-bond acceptors (Lipinski definition) is 1. The molecule has 0 spiro atoms. The first-order valence-electron chi connectivity index (χ1n) is 12.8. The highest BCUT2D eigenvalue weighted by molar-refractivity contribution is 5.73. The molecule has 0 amide bonds. The first kappa shape index (κ1) is 24.8. The molecule has 1 aliphatic heterocycles. The Morgan fingerprint density at radius 1 is 0.750 bits per heavy atom. The highest BCUT2D eigenvalue weighted by Gasteiger charge is 2.30. The lowest BCUT2D eigenvalue weighted by Gasteiger charge is -2.29. The zero-order valence-corrected chi connectivity index (χ0v) is 20.4. The summed E-state index contributed by atoms with van der Waals surface area (Å²) in [6.07, 6.45) is 9.13. The lowest BCUT2D eigenvalue weighted by atomic mass is 9.77. The van der Waals surface area contributed by atoms with Crippen molar-refractivity contribution in [3.05, 3.63) is 94.1 Å². The summed E-state index contributed by atoms with van der Waals surface area (Å²) in [6, 6.07) is 13.4. The standard InChI is InChI=1S/C31H30F4O/c1-2-3-19-4-9-21(10-5-19)24-16-17-25(30(34)29(24)33)22-11-6-20(7-12-22)8-13-23-14-15-26(27-18-36-27)31(35)28(23)32/h6-8,11-17,19,21,27H,2-5,9-10,18H2,1H3/b13-8+. The van der Waals surface area contributed by atoms with Gasteiger partial charge in [-0.25, -0.2) is 17.6 Å². The molecule has 0 radical (unpaired) electrons. The third-order valence-corrected chi connectivity index (χ3v) is 7.59. The lowest BCUT2D eigenvalue weighted by Crippen LogP contribution is -2.14. The van der Waals surface area contributed by atoms with Gasteiger partial charge in [0, 0.05) is 16.7 Å². The molecule has 5 rings (SSSR count). The monoisotopic (exact) mass is 494 g/mol. The van der Waals surface area contributed by atoms with Gasteiger partial charge in [0.05, 0.1) is 6.61 Å². The Kier molecular flexibility index (Phi) is 7.29. The molecule has 2 fully saturated rings. The molecule has 0 N–H and O–H groups in total. The van der Waals surface area contributed by atoms with Crippen molar-refractivity contribution in [1.82, 2.24) is 0 Å². The van der Waals surface area contributed by atoms with Gasteiger partial charge in [0.2, 0.25) is 0 Å². The molecule has 1 aliphatic carbocycles. The topological polar surface area (TPSA) is 12.5 Å². The number of rotatable bonds is 7. The van der Waals surface area contributed by atoms with Gasteiger partial charge in [-0.05, 0) is 54.2 Å². The van der Waals surface area contributed by atoms with Crippen molar-refractivity contribution in [3.8, 4) is 11.1 Å². The second-order valence-corrected chi connectivity index (χ2v) is 9.99. The average Bonchev–Trinajstić information content (AvgIpc) is 3.73. The van der Waals surface area contributed by atoms with E-state index in [1.807, 2.05) is 0 Å². The number of benzene rings is 3. The first-order valence-corrected chi connectivity index (χ1v) is 12.8. The van der Waals surface area contributed by atoms with Crippen LogP contribution in [0.15, 0.2) is 48.5 Å². The molecule has 1 nitrogen and oxygen atoms in total. The molecule has 1 heterocycles. The van der Waals surface area contributed by atoms with Gasteiger partial charge in [-0.2, -0.15) is 0 Å².